The van der Waals surface area contributed by atoms with Gasteiger partial charge in [0.1, 0.15) is 5.58 Å². The van der Waals surface area contributed by atoms with Crippen LogP contribution in [0.5, 0.6) is 11.5 Å². The highest BCUT2D eigenvalue weighted by atomic mass is 35.5. The SMILES string of the molecule is CCCCN(CC(=O)N(Cc1ccc2c(c1)OCO2)Cc1coc2ccc(Cl)cc2c1=O)C(=O)CC. The van der Waals surface area contributed by atoms with Crippen molar-refractivity contribution in [3.63, 3.8) is 0 Å². The van der Waals surface area contributed by atoms with E-state index in [1.165, 1.54) is 6.26 Å². The number of carbonyl (C=O) groups excluding carboxylic acids is 2. The summed E-state index contributed by atoms with van der Waals surface area (Å²) in [4.78, 5) is 42.4. The van der Waals surface area contributed by atoms with Crippen LogP contribution in [0.2, 0.25) is 5.02 Å². The largest absolute Gasteiger partial charge is 0.464 e. The maximum absolute atomic E-state index is 13.5. The molecule has 0 fully saturated rings. The average molecular weight is 513 g/mol. The number of unbranched alkanes of at least 4 members (excludes halogenated alkanes) is 1. The minimum atomic E-state index is -0.267. The highest BCUT2D eigenvalue weighted by Crippen LogP contribution is 2.33. The molecule has 0 N–H and O–H groups in total. The summed E-state index contributed by atoms with van der Waals surface area (Å²) in [6.45, 7) is 4.62. The van der Waals surface area contributed by atoms with Gasteiger partial charge >= 0.3 is 0 Å². The van der Waals surface area contributed by atoms with Crippen LogP contribution in [0.25, 0.3) is 11.0 Å². The number of fused-ring (bicyclic) bond motifs is 2. The van der Waals surface area contributed by atoms with Gasteiger partial charge in [-0.1, -0.05) is 37.9 Å². The number of rotatable bonds is 10. The van der Waals surface area contributed by atoms with Crippen LogP contribution in [0.3, 0.4) is 0 Å². The van der Waals surface area contributed by atoms with Gasteiger partial charge in [0.25, 0.3) is 0 Å². The molecule has 0 bridgehead atoms. The zero-order chi connectivity index (χ0) is 25.7. The summed E-state index contributed by atoms with van der Waals surface area (Å²) in [6.07, 6.45) is 3.40. The van der Waals surface area contributed by atoms with Crippen molar-refractivity contribution in [1.29, 1.82) is 0 Å². The van der Waals surface area contributed by atoms with Crippen molar-refractivity contribution in [2.24, 2.45) is 0 Å². The Morgan fingerprint density at radius 1 is 0.972 bits per heavy atom. The lowest BCUT2D eigenvalue weighted by Crippen LogP contribution is -2.43. The van der Waals surface area contributed by atoms with E-state index in [0.717, 1.165) is 18.4 Å². The molecule has 1 aliphatic rings. The Balaban J connectivity index is 1.64. The van der Waals surface area contributed by atoms with Crippen LogP contribution in [-0.2, 0) is 22.7 Å². The van der Waals surface area contributed by atoms with Crippen molar-refractivity contribution in [3.05, 3.63) is 69.0 Å². The minimum Gasteiger partial charge on any atom is -0.464 e. The average Bonchev–Trinajstić information content (AvgIpc) is 3.35. The number of carbonyl (C=O) groups is 2. The van der Waals surface area contributed by atoms with Crippen LogP contribution < -0.4 is 14.9 Å². The molecule has 0 spiro atoms. The molecule has 9 heteroatoms. The first-order chi connectivity index (χ1) is 17.4. The van der Waals surface area contributed by atoms with E-state index in [0.29, 0.717) is 46.0 Å². The van der Waals surface area contributed by atoms with Gasteiger partial charge in [0.15, 0.2) is 16.9 Å². The van der Waals surface area contributed by atoms with Crippen molar-refractivity contribution < 1.29 is 23.5 Å². The van der Waals surface area contributed by atoms with E-state index in [9.17, 15) is 14.4 Å². The van der Waals surface area contributed by atoms with E-state index >= 15 is 0 Å². The molecule has 0 saturated carbocycles. The molecular weight excluding hydrogens is 484 g/mol. The lowest BCUT2D eigenvalue weighted by molar-refractivity contribution is -0.141. The van der Waals surface area contributed by atoms with E-state index in [-0.39, 0.29) is 43.7 Å². The highest BCUT2D eigenvalue weighted by Gasteiger charge is 2.23. The van der Waals surface area contributed by atoms with E-state index in [2.05, 4.69) is 0 Å². The van der Waals surface area contributed by atoms with Gasteiger partial charge in [0.2, 0.25) is 18.6 Å². The minimum absolute atomic E-state index is 0.0139. The maximum Gasteiger partial charge on any atom is 0.242 e. The number of halogens is 1. The Labute approximate surface area is 214 Å². The molecule has 0 atom stereocenters. The van der Waals surface area contributed by atoms with Crippen molar-refractivity contribution >= 4 is 34.4 Å². The quantitative estimate of drug-likeness (QED) is 0.389. The van der Waals surface area contributed by atoms with Crippen molar-refractivity contribution in [3.8, 4) is 11.5 Å². The number of hydrogen-bond donors (Lipinski definition) is 0. The third-order valence-electron chi connectivity index (χ3n) is 6.09. The summed E-state index contributed by atoms with van der Waals surface area (Å²) in [7, 11) is 0. The molecule has 2 aromatic carbocycles. The van der Waals surface area contributed by atoms with Crippen molar-refractivity contribution in [2.75, 3.05) is 19.9 Å². The molecular formula is C27H29ClN2O6. The molecule has 1 aliphatic heterocycles. The van der Waals surface area contributed by atoms with Crippen molar-refractivity contribution in [2.45, 2.75) is 46.2 Å². The molecule has 2 heterocycles. The number of nitrogens with zero attached hydrogens (tertiary/aromatic N) is 2. The third kappa shape index (κ3) is 5.82. The number of hydrogen-bond acceptors (Lipinski definition) is 6. The van der Waals surface area contributed by atoms with Gasteiger partial charge in [-0.15, -0.1) is 0 Å². The van der Waals surface area contributed by atoms with Crippen LogP contribution in [0, 0.1) is 0 Å². The van der Waals surface area contributed by atoms with E-state index in [4.69, 9.17) is 25.5 Å². The fourth-order valence-corrected chi connectivity index (χ4v) is 4.25. The fraction of sp³-hybridized carbons (Fsp3) is 0.370. The van der Waals surface area contributed by atoms with Gasteiger partial charge in [-0.2, -0.15) is 0 Å². The molecule has 0 aliphatic carbocycles. The molecule has 190 valence electrons. The molecule has 2 amide bonds. The van der Waals surface area contributed by atoms with Crippen LogP contribution in [0.1, 0.15) is 44.2 Å². The topological polar surface area (TPSA) is 89.3 Å². The van der Waals surface area contributed by atoms with Crippen LogP contribution in [0.4, 0.5) is 0 Å². The number of amides is 2. The van der Waals surface area contributed by atoms with E-state index in [1.807, 2.05) is 19.1 Å². The Kier molecular flexibility index (Phi) is 8.15. The predicted molar refractivity (Wildman–Crippen MR) is 136 cm³/mol. The molecule has 0 radical (unpaired) electrons. The molecule has 0 saturated heterocycles. The second kappa shape index (κ2) is 11.5. The van der Waals surface area contributed by atoms with E-state index < -0.39 is 0 Å². The fourth-order valence-electron chi connectivity index (χ4n) is 4.08. The van der Waals surface area contributed by atoms with Crippen LogP contribution >= 0.6 is 11.6 Å². The van der Waals surface area contributed by atoms with Gasteiger partial charge in [0, 0.05) is 24.5 Å². The second-order valence-corrected chi connectivity index (χ2v) is 9.13. The normalized spacial score (nSPS) is 12.1. The summed E-state index contributed by atoms with van der Waals surface area (Å²) in [5.74, 6) is 0.893. The predicted octanol–water partition coefficient (Wildman–Crippen LogP) is 4.74. The van der Waals surface area contributed by atoms with Crippen molar-refractivity contribution in [1.82, 2.24) is 9.80 Å². The third-order valence-corrected chi connectivity index (χ3v) is 6.33. The number of benzene rings is 2. The summed E-state index contributed by atoms with van der Waals surface area (Å²) in [5.41, 5.74) is 1.29. The van der Waals surface area contributed by atoms with E-state index in [1.54, 1.807) is 41.0 Å². The first-order valence-electron chi connectivity index (χ1n) is 12.0. The highest BCUT2D eigenvalue weighted by molar-refractivity contribution is 6.31. The summed E-state index contributed by atoms with van der Waals surface area (Å²) < 4.78 is 16.5. The first-order valence-corrected chi connectivity index (χ1v) is 12.4. The Morgan fingerprint density at radius 3 is 2.56 bits per heavy atom. The standard InChI is InChI=1S/C27H29ClN2O6/c1-3-5-10-29(25(31)4-2)15-26(32)30(13-18-6-8-23-24(11-18)36-17-35-23)14-19-16-34-22-9-7-20(28)12-21(22)27(19)33/h6-9,11-12,16H,3-5,10,13-15,17H2,1-2H3. The zero-order valence-corrected chi connectivity index (χ0v) is 21.2. The summed E-state index contributed by atoms with van der Waals surface area (Å²) in [6, 6.07) is 10.3. The van der Waals surface area contributed by atoms with Gasteiger partial charge in [-0.3, -0.25) is 14.4 Å². The smallest absolute Gasteiger partial charge is 0.242 e. The number of ether oxygens (including phenoxy) is 2. The maximum atomic E-state index is 13.5. The van der Waals surface area contributed by atoms with Gasteiger partial charge in [-0.25, -0.2) is 0 Å². The summed E-state index contributed by atoms with van der Waals surface area (Å²) in [5, 5.41) is 0.770. The van der Waals surface area contributed by atoms with Gasteiger partial charge in [-0.05, 0) is 42.3 Å². The Hall–Kier alpha value is -3.52. The zero-order valence-electron chi connectivity index (χ0n) is 20.4. The monoisotopic (exact) mass is 512 g/mol. The Bertz CT molecular complexity index is 1320. The molecule has 3 aromatic rings. The van der Waals surface area contributed by atoms with Gasteiger partial charge in [0.05, 0.1) is 30.3 Å². The summed E-state index contributed by atoms with van der Waals surface area (Å²) >= 11 is 6.09. The van der Waals surface area contributed by atoms with Crippen LogP contribution in [-0.4, -0.2) is 41.5 Å². The van der Waals surface area contributed by atoms with Gasteiger partial charge < -0.3 is 23.7 Å². The molecule has 4 rings (SSSR count). The molecule has 0 unspecified atom stereocenters. The molecule has 8 nitrogen and oxygen atoms in total. The lowest BCUT2D eigenvalue weighted by Gasteiger charge is -2.27. The lowest BCUT2D eigenvalue weighted by atomic mass is 10.1. The van der Waals surface area contributed by atoms with Crippen LogP contribution in [0.15, 0.2) is 51.9 Å². The Morgan fingerprint density at radius 2 is 1.78 bits per heavy atom. The first kappa shape index (κ1) is 25.6. The molecule has 36 heavy (non-hydrogen) atoms. The molecule has 1 aromatic heterocycles. The second-order valence-electron chi connectivity index (χ2n) is 8.69.